The minimum absolute atomic E-state index is 0.273. The molecule has 2 N–H and O–H groups in total. The van der Waals surface area contributed by atoms with Gasteiger partial charge in [-0.1, -0.05) is 18.7 Å². The van der Waals surface area contributed by atoms with Gasteiger partial charge in [0.25, 0.3) is 5.56 Å². The van der Waals surface area contributed by atoms with Crippen LogP contribution in [0.2, 0.25) is 0 Å². The molecule has 1 rings (SSSR count). The minimum Gasteiger partial charge on any atom is -0.480 e. The molecular formula is C8H9BrN2O3S. The van der Waals surface area contributed by atoms with Crippen LogP contribution in [0.4, 0.5) is 0 Å². The predicted octanol–water partition coefficient (Wildman–Crippen LogP) is 1.49. The van der Waals surface area contributed by atoms with Crippen molar-refractivity contribution in [3.05, 3.63) is 21.2 Å². The lowest BCUT2D eigenvalue weighted by Crippen LogP contribution is -2.16. The van der Waals surface area contributed by atoms with Gasteiger partial charge in [0.05, 0.1) is 6.33 Å². The highest BCUT2D eigenvalue weighted by molar-refractivity contribution is 9.10. The number of aromatic amines is 1. The maximum atomic E-state index is 11.2. The zero-order chi connectivity index (χ0) is 11.4. The maximum absolute atomic E-state index is 11.2. The third-order valence-electron chi connectivity index (χ3n) is 1.66. The Morgan fingerprint density at radius 2 is 2.47 bits per heavy atom. The van der Waals surface area contributed by atoms with E-state index in [1.54, 1.807) is 6.92 Å². The molecule has 0 aliphatic carbocycles. The fourth-order valence-electron chi connectivity index (χ4n) is 0.892. The number of H-pyrrole nitrogens is 1. The molecular weight excluding hydrogens is 284 g/mol. The van der Waals surface area contributed by atoms with E-state index in [0.29, 0.717) is 11.4 Å². The van der Waals surface area contributed by atoms with E-state index >= 15 is 0 Å². The summed E-state index contributed by atoms with van der Waals surface area (Å²) in [5, 5.41) is 8.65. The summed E-state index contributed by atoms with van der Waals surface area (Å²) in [7, 11) is 0. The van der Waals surface area contributed by atoms with E-state index in [1.807, 2.05) is 0 Å². The van der Waals surface area contributed by atoms with E-state index in [4.69, 9.17) is 5.11 Å². The van der Waals surface area contributed by atoms with Crippen LogP contribution in [-0.2, 0) is 4.79 Å². The fourth-order valence-corrected chi connectivity index (χ4v) is 2.24. The Hall–Kier alpha value is -0.820. The molecule has 5 nitrogen and oxygen atoms in total. The van der Waals surface area contributed by atoms with E-state index in [1.165, 1.54) is 6.33 Å². The van der Waals surface area contributed by atoms with Crippen molar-refractivity contribution in [2.45, 2.75) is 23.6 Å². The molecule has 82 valence electrons. The lowest BCUT2D eigenvalue weighted by Gasteiger charge is -2.08. The maximum Gasteiger partial charge on any atom is 0.317 e. The van der Waals surface area contributed by atoms with E-state index in [2.05, 4.69) is 25.9 Å². The SMILES string of the molecule is CCC(Sc1nc[nH]c(=O)c1Br)C(=O)O. The average molecular weight is 293 g/mol. The number of halogens is 1. The number of aliphatic carboxylic acids is 1. The number of hydrogen-bond donors (Lipinski definition) is 2. The van der Waals surface area contributed by atoms with Gasteiger partial charge in [0.2, 0.25) is 0 Å². The van der Waals surface area contributed by atoms with E-state index in [9.17, 15) is 9.59 Å². The van der Waals surface area contributed by atoms with Crippen LogP contribution in [0.5, 0.6) is 0 Å². The minimum atomic E-state index is -0.906. The zero-order valence-corrected chi connectivity index (χ0v) is 10.3. The second kappa shape index (κ2) is 5.32. The van der Waals surface area contributed by atoms with Gasteiger partial charge in [-0.15, -0.1) is 0 Å². The van der Waals surface area contributed by atoms with Crippen molar-refractivity contribution in [1.82, 2.24) is 9.97 Å². The number of rotatable bonds is 4. The van der Waals surface area contributed by atoms with Crippen molar-refractivity contribution in [2.75, 3.05) is 0 Å². The van der Waals surface area contributed by atoms with Gasteiger partial charge in [0.1, 0.15) is 14.7 Å². The summed E-state index contributed by atoms with van der Waals surface area (Å²) in [4.78, 5) is 28.3. The number of aromatic nitrogens is 2. The van der Waals surface area contributed by atoms with Gasteiger partial charge in [0.15, 0.2) is 0 Å². The summed E-state index contributed by atoms with van der Waals surface area (Å²) in [6, 6.07) is 0. The second-order valence-electron chi connectivity index (χ2n) is 2.70. The van der Waals surface area contributed by atoms with Crippen molar-refractivity contribution in [3.8, 4) is 0 Å². The summed E-state index contributed by atoms with van der Waals surface area (Å²) in [6.45, 7) is 1.77. The molecule has 7 heteroatoms. The summed E-state index contributed by atoms with van der Waals surface area (Å²) in [6.07, 6.45) is 1.73. The molecule has 1 heterocycles. The van der Waals surface area contributed by atoms with Gasteiger partial charge in [0, 0.05) is 0 Å². The van der Waals surface area contributed by atoms with Gasteiger partial charge >= 0.3 is 5.97 Å². The van der Waals surface area contributed by atoms with Crippen molar-refractivity contribution < 1.29 is 9.90 Å². The second-order valence-corrected chi connectivity index (χ2v) is 4.69. The number of hydrogen-bond acceptors (Lipinski definition) is 4. The zero-order valence-electron chi connectivity index (χ0n) is 7.86. The van der Waals surface area contributed by atoms with Gasteiger partial charge in [-0.25, -0.2) is 4.98 Å². The predicted molar refractivity (Wildman–Crippen MR) is 60.1 cm³/mol. The smallest absolute Gasteiger partial charge is 0.317 e. The molecule has 1 atom stereocenters. The first-order valence-corrected chi connectivity index (χ1v) is 5.86. The highest BCUT2D eigenvalue weighted by Gasteiger charge is 2.19. The number of nitrogens with zero attached hydrogens (tertiary/aromatic N) is 1. The molecule has 0 saturated carbocycles. The monoisotopic (exact) mass is 292 g/mol. The van der Waals surface area contributed by atoms with Crippen LogP contribution >= 0.6 is 27.7 Å². The first-order valence-electron chi connectivity index (χ1n) is 4.19. The molecule has 0 fully saturated rings. The molecule has 1 aromatic heterocycles. The number of carboxylic acid groups (broad SMARTS) is 1. The Morgan fingerprint density at radius 1 is 1.80 bits per heavy atom. The third-order valence-corrected chi connectivity index (χ3v) is 4.02. The first-order chi connectivity index (χ1) is 7.06. The Labute approximate surface area is 98.4 Å². The largest absolute Gasteiger partial charge is 0.480 e. The summed E-state index contributed by atoms with van der Waals surface area (Å²) >= 11 is 4.13. The van der Waals surface area contributed by atoms with Gasteiger partial charge in [-0.05, 0) is 22.4 Å². The molecule has 0 aliphatic heterocycles. The van der Waals surface area contributed by atoms with Crippen LogP contribution in [0.3, 0.4) is 0 Å². The highest BCUT2D eigenvalue weighted by Crippen LogP contribution is 2.27. The molecule has 0 bridgehead atoms. The molecule has 15 heavy (non-hydrogen) atoms. The Balaban J connectivity index is 2.93. The van der Waals surface area contributed by atoms with Crippen LogP contribution in [-0.4, -0.2) is 26.3 Å². The molecule has 0 aliphatic rings. The Bertz CT molecular complexity index is 421. The van der Waals surface area contributed by atoms with Crippen molar-refractivity contribution in [2.24, 2.45) is 0 Å². The quantitative estimate of drug-likeness (QED) is 0.649. The highest BCUT2D eigenvalue weighted by atomic mass is 79.9. The van der Waals surface area contributed by atoms with Crippen molar-refractivity contribution in [3.63, 3.8) is 0 Å². The molecule has 0 amide bonds. The van der Waals surface area contributed by atoms with Crippen LogP contribution in [0.1, 0.15) is 13.3 Å². The van der Waals surface area contributed by atoms with Gasteiger partial charge in [-0.3, -0.25) is 9.59 Å². The van der Waals surface area contributed by atoms with Crippen LogP contribution in [0.25, 0.3) is 0 Å². The van der Waals surface area contributed by atoms with E-state index in [0.717, 1.165) is 11.8 Å². The summed E-state index contributed by atoms with van der Waals surface area (Å²) < 4.78 is 0.273. The first kappa shape index (κ1) is 12.3. The van der Waals surface area contributed by atoms with E-state index < -0.39 is 11.2 Å². The molecule has 1 unspecified atom stereocenters. The topological polar surface area (TPSA) is 83.0 Å². The Morgan fingerprint density at radius 3 is 3.00 bits per heavy atom. The van der Waals surface area contributed by atoms with Gasteiger partial charge < -0.3 is 10.1 Å². The molecule has 0 radical (unpaired) electrons. The summed E-state index contributed by atoms with van der Waals surface area (Å²) in [5.41, 5.74) is -0.312. The van der Waals surface area contributed by atoms with Crippen LogP contribution < -0.4 is 5.56 Å². The van der Waals surface area contributed by atoms with Crippen molar-refractivity contribution >= 4 is 33.7 Å². The van der Waals surface area contributed by atoms with Gasteiger partial charge in [-0.2, -0.15) is 0 Å². The van der Waals surface area contributed by atoms with E-state index in [-0.39, 0.29) is 10.0 Å². The Kier molecular flexibility index (Phi) is 4.34. The number of carboxylic acids is 1. The molecule has 1 aromatic rings. The summed E-state index contributed by atoms with van der Waals surface area (Å²) in [5.74, 6) is -0.906. The normalized spacial score (nSPS) is 12.4. The standard InChI is InChI=1S/C8H9BrN2O3S/c1-2-4(8(13)14)15-7-5(9)6(12)10-3-11-7/h3-4H,2H2,1H3,(H,13,14)(H,10,11,12). The number of thioether (sulfide) groups is 1. The van der Waals surface area contributed by atoms with Crippen LogP contribution in [0, 0.1) is 0 Å². The number of carbonyl (C=O) groups is 1. The fraction of sp³-hybridized carbons (Fsp3) is 0.375. The molecule has 0 aromatic carbocycles. The van der Waals surface area contributed by atoms with Crippen LogP contribution in [0.15, 0.2) is 20.6 Å². The van der Waals surface area contributed by atoms with Crippen molar-refractivity contribution in [1.29, 1.82) is 0 Å². The number of nitrogens with one attached hydrogen (secondary N) is 1. The average Bonchev–Trinajstić information content (AvgIpc) is 2.19. The third kappa shape index (κ3) is 3.07. The lowest BCUT2D eigenvalue weighted by atomic mass is 10.3. The lowest BCUT2D eigenvalue weighted by molar-refractivity contribution is -0.136. The molecule has 0 saturated heterocycles. The molecule has 0 spiro atoms.